The Morgan fingerprint density at radius 3 is 2.28 bits per heavy atom. The number of aliphatic carboxylic acids is 1. The van der Waals surface area contributed by atoms with Gasteiger partial charge in [-0.1, -0.05) is 25.0 Å². The Bertz CT molecular complexity index is 697. The number of imide groups is 1. The minimum absolute atomic E-state index is 0.0588. The number of carbonyl (C=O) groups excluding carboxylic acids is 3. The van der Waals surface area contributed by atoms with Gasteiger partial charge in [0.2, 0.25) is 17.7 Å². The topological polar surface area (TPSA) is 104 Å². The highest BCUT2D eigenvalue weighted by atomic mass is 16.4. The summed E-state index contributed by atoms with van der Waals surface area (Å²) in [7, 11) is 0. The Morgan fingerprint density at radius 1 is 1.07 bits per heavy atom. The van der Waals surface area contributed by atoms with Crippen LogP contribution in [0.2, 0.25) is 0 Å². The molecule has 5 unspecified atom stereocenters. The maximum atomic E-state index is 12.7. The van der Waals surface area contributed by atoms with E-state index in [0.29, 0.717) is 38.1 Å². The van der Waals surface area contributed by atoms with Gasteiger partial charge in [-0.3, -0.25) is 19.3 Å². The van der Waals surface area contributed by atoms with Gasteiger partial charge in [-0.05, 0) is 56.3 Å². The van der Waals surface area contributed by atoms with Gasteiger partial charge in [-0.2, -0.15) is 0 Å². The van der Waals surface area contributed by atoms with Gasteiger partial charge in [-0.15, -0.1) is 0 Å². The standard InChI is InChI=1S/C22H30N2O5/c25-17(11-13-5-1-2-6-13)23-16(22(28)29)7-3-4-10-24-20(26)18-14-8-9-15(12-14)19(18)21(24)27/h8-9,13-16,18-19H,1-7,10-12H2,(H,23,25)(H,28,29). The number of rotatable bonds is 9. The zero-order valence-electron chi connectivity index (χ0n) is 16.7. The molecule has 2 bridgehead atoms. The summed E-state index contributed by atoms with van der Waals surface area (Å²) in [5.74, 6) is -0.914. The van der Waals surface area contributed by atoms with E-state index in [2.05, 4.69) is 17.5 Å². The van der Waals surface area contributed by atoms with E-state index >= 15 is 0 Å². The molecule has 5 atom stereocenters. The molecular weight excluding hydrogens is 372 g/mol. The first-order valence-corrected chi connectivity index (χ1v) is 11.0. The molecule has 7 heteroatoms. The lowest BCUT2D eigenvalue weighted by Crippen LogP contribution is -2.41. The maximum Gasteiger partial charge on any atom is 0.326 e. The van der Waals surface area contributed by atoms with Crippen LogP contribution in [0.15, 0.2) is 12.2 Å². The number of allylic oxidation sites excluding steroid dienone is 2. The van der Waals surface area contributed by atoms with Crippen LogP contribution in [0.1, 0.15) is 57.8 Å². The Balaban J connectivity index is 1.21. The number of unbranched alkanes of at least 4 members (excludes halogenated alkanes) is 1. The first-order chi connectivity index (χ1) is 14.0. The lowest BCUT2D eigenvalue weighted by atomic mass is 9.85. The van der Waals surface area contributed by atoms with Gasteiger partial charge in [0.15, 0.2) is 0 Å². The van der Waals surface area contributed by atoms with Crippen LogP contribution in [0.25, 0.3) is 0 Å². The summed E-state index contributed by atoms with van der Waals surface area (Å²) in [5.41, 5.74) is 0. The van der Waals surface area contributed by atoms with E-state index in [1.807, 2.05) is 0 Å². The zero-order chi connectivity index (χ0) is 20.5. The molecule has 158 valence electrons. The number of hydrogen-bond acceptors (Lipinski definition) is 4. The van der Waals surface area contributed by atoms with E-state index in [4.69, 9.17) is 0 Å². The van der Waals surface area contributed by atoms with Gasteiger partial charge in [0, 0.05) is 13.0 Å². The molecule has 2 N–H and O–H groups in total. The Labute approximate surface area is 170 Å². The fraction of sp³-hybridized carbons (Fsp3) is 0.727. The van der Waals surface area contributed by atoms with Crippen molar-refractivity contribution in [2.75, 3.05) is 6.54 Å². The van der Waals surface area contributed by atoms with Gasteiger partial charge in [-0.25, -0.2) is 4.79 Å². The summed E-state index contributed by atoms with van der Waals surface area (Å²) in [5, 5.41) is 12.1. The summed E-state index contributed by atoms with van der Waals surface area (Å²) >= 11 is 0. The molecule has 7 nitrogen and oxygen atoms in total. The molecule has 1 heterocycles. The van der Waals surface area contributed by atoms with Crippen molar-refractivity contribution in [1.29, 1.82) is 0 Å². The van der Waals surface area contributed by atoms with Crippen molar-refractivity contribution in [2.45, 2.75) is 63.8 Å². The molecule has 1 aliphatic heterocycles. The third-order valence-corrected chi connectivity index (χ3v) is 7.27. The van der Waals surface area contributed by atoms with Crippen LogP contribution in [0.3, 0.4) is 0 Å². The van der Waals surface area contributed by atoms with Crippen LogP contribution in [-0.4, -0.2) is 46.3 Å². The minimum atomic E-state index is -1.03. The number of carboxylic acid groups (broad SMARTS) is 1. The van der Waals surface area contributed by atoms with E-state index in [-0.39, 0.29) is 41.4 Å². The highest BCUT2D eigenvalue weighted by Crippen LogP contribution is 2.52. The third kappa shape index (κ3) is 3.96. The summed E-state index contributed by atoms with van der Waals surface area (Å²) in [4.78, 5) is 50.3. The summed E-state index contributed by atoms with van der Waals surface area (Å²) in [6.45, 7) is 0.340. The molecule has 4 rings (SSSR count). The number of likely N-dealkylation sites (tertiary alicyclic amines) is 1. The molecule has 29 heavy (non-hydrogen) atoms. The fourth-order valence-corrected chi connectivity index (χ4v) is 5.79. The second-order valence-electron chi connectivity index (χ2n) is 9.14. The van der Waals surface area contributed by atoms with Gasteiger partial charge >= 0.3 is 5.97 Å². The van der Waals surface area contributed by atoms with Gasteiger partial charge < -0.3 is 10.4 Å². The van der Waals surface area contributed by atoms with Crippen molar-refractivity contribution in [2.24, 2.45) is 29.6 Å². The molecule has 0 aromatic carbocycles. The molecule has 0 aromatic rings. The number of carbonyl (C=O) groups is 4. The molecule has 2 saturated carbocycles. The number of nitrogens with one attached hydrogen (secondary N) is 1. The summed E-state index contributed by atoms with van der Waals surface area (Å²) in [6.07, 6.45) is 11.3. The van der Waals surface area contributed by atoms with Crippen molar-refractivity contribution in [3.8, 4) is 0 Å². The molecule has 0 radical (unpaired) electrons. The number of fused-ring (bicyclic) bond motifs is 5. The fourth-order valence-electron chi connectivity index (χ4n) is 5.79. The second-order valence-corrected chi connectivity index (χ2v) is 9.14. The second kappa shape index (κ2) is 8.28. The largest absolute Gasteiger partial charge is 0.480 e. The van der Waals surface area contributed by atoms with Crippen LogP contribution >= 0.6 is 0 Å². The predicted octanol–water partition coefficient (Wildman–Crippen LogP) is 2.11. The first kappa shape index (κ1) is 20.1. The molecule has 4 aliphatic rings. The van der Waals surface area contributed by atoms with Crippen LogP contribution in [0.5, 0.6) is 0 Å². The van der Waals surface area contributed by atoms with Crippen molar-refractivity contribution >= 4 is 23.7 Å². The summed E-state index contributed by atoms with van der Waals surface area (Å²) < 4.78 is 0. The molecule has 3 amide bonds. The average Bonchev–Trinajstić information content (AvgIpc) is 3.45. The summed E-state index contributed by atoms with van der Waals surface area (Å²) in [6, 6.07) is -0.909. The SMILES string of the molecule is O=C(CC1CCCC1)NC(CCCCN1C(=O)C2C3C=CC(C3)C2C1=O)C(=O)O. The highest BCUT2D eigenvalue weighted by Gasteiger charge is 2.58. The third-order valence-electron chi connectivity index (χ3n) is 7.27. The Morgan fingerprint density at radius 2 is 1.69 bits per heavy atom. The van der Waals surface area contributed by atoms with Crippen LogP contribution in [0, 0.1) is 29.6 Å². The van der Waals surface area contributed by atoms with Gasteiger partial charge in [0.25, 0.3) is 0 Å². The van der Waals surface area contributed by atoms with Crippen LogP contribution in [-0.2, 0) is 19.2 Å². The van der Waals surface area contributed by atoms with Crippen LogP contribution < -0.4 is 5.32 Å². The maximum absolute atomic E-state index is 12.7. The number of hydrogen-bond donors (Lipinski definition) is 2. The van der Waals surface area contributed by atoms with Crippen molar-refractivity contribution in [1.82, 2.24) is 10.2 Å². The molecule has 3 fully saturated rings. The number of carboxylic acids is 1. The predicted molar refractivity (Wildman–Crippen MR) is 104 cm³/mol. The van der Waals surface area contributed by atoms with E-state index in [1.54, 1.807) is 0 Å². The molecule has 0 aromatic heterocycles. The van der Waals surface area contributed by atoms with E-state index < -0.39 is 12.0 Å². The van der Waals surface area contributed by atoms with Crippen molar-refractivity contribution in [3.05, 3.63) is 12.2 Å². The molecule has 3 aliphatic carbocycles. The normalized spacial score (nSPS) is 31.5. The molecular formula is C22H30N2O5. The minimum Gasteiger partial charge on any atom is -0.480 e. The zero-order valence-corrected chi connectivity index (χ0v) is 16.7. The molecule has 0 spiro atoms. The quantitative estimate of drug-likeness (QED) is 0.349. The average molecular weight is 402 g/mol. The number of amides is 3. The van der Waals surface area contributed by atoms with Crippen molar-refractivity contribution < 1.29 is 24.3 Å². The Hall–Kier alpha value is -2.18. The van der Waals surface area contributed by atoms with Crippen molar-refractivity contribution in [3.63, 3.8) is 0 Å². The highest BCUT2D eigenvalue weighted by molar-refractivity contribution is 6.06. The smallest absolute Gasteiger partial charge is 0.326 e. The molecule has 1 saturated heterocycles. The van der Waals surface area contributed by atoms with E-state index in [9.17, 15) is 24.3 Å². The lowest BCUT2D eigenvalue weighted by Gasteiger charge is -2.19. The van der Waals surface area contributed by atoms with E-state index in [0.717, 1.165) is 32.1 Å². The number of nitrogens with zero attached hydrogens (tertiary/aromatic N) is 1. The van der Waals surface area contributed by atoms with Gasteiger partial charge in [0.05, 0.1) is 11.8 Å². The first-order valence-electron chi connectivity index (χ1n) is 11.0. The van der Waals surface area contributed by atoms with Crippen LogP contribution in [0.4, 0.5) is 0 Å². The van der Waals surface area contributed by atoms with Gasteiger partial charge in [0.1, 0.15) is 6.04 Å². The Kier molecular flexibility index (Phi) is 5.74. The lowest BCUT2D eigenvalue weighted by molar-refractivity contribution is -0.143. The monoisotopic (exact) mass is 402 g/mol. The van der Waals surface area contributed by atoms with E-state index in [1.165, 1.54) is 4.90 Å².